The summed E-state index contributed by atoms with van der Waals surface area (Å²) in [6, 6.07) is 15.4. The number of hydrogen-bond acceptors (Lipinski definition) is 6. The standard InChI is InChI=1S/C22H30N4O5S2/c1-24-14-16-25(17-15-24)33(30,31)21-10-8-20(9-11-21)23-22(27)18-26(32(2,28)29)13-12-19-6-4-3-5-7-19/h3-11H,12-18H2,1-2H3,(H,23,27). The van der Waals surface area contributed by atoms with Crippen molar-refractivity contribution in [2.75, 3.05) is 57.9 Å². The fraction of sp³-hybridized carbons (Fsp3) is 0.409. The van der Waals surface area contributed by atoms with Crippen LogP contribution in [0.3, 0.4) is 0 Å². The minimum atomic E-state index is -3.60. The molecule has 33 heavy (non-hydrogen) atoms. The number of carbonyl (C=O) groups excluding carboxylic acids is 1. The van der Waals surface area contributed by atoms with Crippen molar-refractivity contribution in [3.8, 4) is 0 Å². The van der Waals surface area contributed by atoms with Crippen molar-refractivity contribution in [1.29, 1.82) is 0 Å². The van der Waals surface area contributed by atoms with Crippen LogP contribution >= 0.6 is 0 Å². The van der Waals surface area contributed by atoms with Crippen LogP contribution in [0.4, 0.5) is 5.69 Å². The number of sulfonamides is 2. The molecule has 0 aliphatic carbocycles. The van der Waals surface area contributed by atoms with Gasteiger partial charge in [0.25, 0.3) is 0 Å². The van der Waals surface area contributed by atoms with Crippen LogP contribution in [0.5, 0.6) is 0 Å². The Morgan fingerprint density at radius 3 is 2.12 bits per heavy atom. The minimum absolute atomic E-state index is 0.158. The topological polar surface area (TPSA) is 107 Å². The molecule has 2 aromatic rings. The van der Waals surface area contributed by atoms with Gasteiger partial charge in [-0.3, -0.25) is 4.79 Å². The number of nitrogens with zero attached hydrogens (tertiary/aromatic N) is 3. The number of piperazine rings is 1. The first-order valence-electron chi connectivity index (χ1n) is 10.6. The van der Waals surface area contributed by atoms with Crippen molar-refractivity contribution < 1.29 is 21.6 Å². The predicted molar refractivity (Wildman–Crippen MR) is 128 cm³/mol. The number of hydrogen-bond donors (Lipinski definition) is 1. The molecule has 0 bridgehead atoms. The largest absolute Gasteiger partial charge is 0.325 e. The molecule has 1 heterocycles. The van der Waals surface area contributed by atoms with E-state index in [2.05, 4.69) is 10.2 Å². The van der Waals surface area contributed by atoms with Crippen molar-refractivity contribution in [1.82, 2.24) is 13.5 Å². The first kappa shape index (κ1) is 25.3. The SMILES string of the molecule is CN1CCN(S(=O)(=O)c2ccc(NC(=O)CN(CCc3ccccc3)S(C)(=O)=O)cc2)CC1. The van der Waals surface area contributed by atoms with Gasteiger partial charge < -0.3 is 10.2 Å². The summed E-state index contributed by atoms with van der Waals surface area (Å²) in [7, 11) is -5.22. The summed E-state index contributed by atoms with van der Waals surface area (Å²) >= 11 is 0. The second-order valence-electron chi connectivity index (χ2n) is 8.11. The van der Waals surface area contributed by atoms with Gasteiger partial charge in [0.15, 0.2) is 0 Å². The second kappa shape index (κ2) is 10.7. The van der Waals surface area contributed by atoms with Crippen LogP contribution in [0, 0.1) is 0 Å². The third kappa shape index (κ3) is 7.08. The summed E-state index contributed by atoms with van der Waals surface area (Å²) in [5, 5.41) is 2.65. The molecule has 0 spiro atoms. The van der Waals surface area contributed by atoms with Crippen LogP contribution in [0.15, 0.2) is 59.5 Å². The van der Waals surface area contributed by atoms with E-state index in [-0.39, 0.29) is 18.0 Å². The van der Waals surface area contributed by atoms with Crippen LogP contribution in [0.2, 0.25) is 0 Å². The maximum absolute atomic E-state index is 12.8. The summed E-state index contributed by atoms with van der Waals surface area (Å²) in [4.78, 5) is 14.7. The highest BCUT2D eigenvalue weighted by Gasteiger charge is 2.27. The van der Waals surface area contributed by atoms with Gasteiger partial charge in [-0.25, -0.2) is 16.8 Å². The van der Waals surface area contributed by atoms with Crippen LogP contribution in [-0.4, -0.2) is 88.8 Å². The number of amides is 1. The molecular formula is C22H30N4O5S2. The van der Waals surface area contributed by atoms with E-state index >= 15 is 0 Å². The number of anilines is 1. The molecule has 1 saturated heterocycles. The number of nitrogens with one attached hydrogen (secondary N) is 1. The highest BCUT2D eigenvalue weighted by Crippen LogP contribution is 2.20. The summed E-state index contributed by atoms with van der Waals surface area (Å²) in [5.74, 6) is -0.497. The molecule has 3 rings (SSSR count). The van der Waals surface area contributed by atoms with E-state index < -0.39 is 26.0 Å². The third-order valence-electron chi connectivity index (χ3n) is 5.52. The van der Waals surface area contributed by atoms with Crippen LogP contribution < -0.4 is 5.32 Å². The molecule has 0 unspecified atom stereocenters. The van der Waals surface area contributed by atoms with E-state index in [9.17, 15) is 21.6 Å². The minimum Gasteiger partial charge on any atom is -0.325 e. The third-order valence-corrected chi connectivity index (χ3v) is 8.68. The van der Waals surface area contributed by atoms with Gasteiger partial charge in [-0.05, 0) is 43.3 Å². The molecule has 9 nitrogen and oxygen atoms in total. The fourth-order valence-electron chi connectivity index (χ4n) is 3.51. The number of carbonyl (C=O) groups is 1. The zero-order valence-electron chi connectivity index (χ0n) is 18.8. The first-order chi connectivity index (χ1) is 15.6. The quantitative estimate of drug-likeness (QED) is 0.559. The smallest absolute Gasteiger partial charge is 0.243 e. The molecule has 1 aliphatic rings. The zero-order valence-corrected chi connectivity index (χ0v) is 20.5. The van der Waals surface area contributed by atoms with Crippen molar-refractivity contribution in [2.24, 2.45) is 0 Å². The van der Waals surface area contributed by atoms with Gasteiger partial charge in [-0.15, -0.1) is 0 Å². The van der Waals surface area contributed by atoms with Gasteiger partial charge in [-0.1, -0.05) is 30.3 Å². The highest BCUT2D eigenvalue weighted by atomic mass is 32.2. The van der Waals surface area contributed by atoms with E-state index in [1.807, 2.05) is 37.4 Å². The van der Waals surface area contributed by atoms with Gasteiger partial charge in [0, 0.05) is 38.4 Å². The lowest BCUT2D eigenvalue weighted by Crippen LogP contribution is -2.46. The van der Waals surface area contributed by atoms with E-state index in [4.69, 9.17) is 0 Å². The second-order valence-corrected chi connectivity index (χ2v) is 12.0. The van der Waals surface area contributed by atoms with E-state index in [0.29, 0.717) is 38.3 Å². The molecule has 0 atom stereocenters. The summed E-state index contributed by atoms with van der Waals surface area (Å²) in [5.41, 5.74) is 1.37. The molecule has 1 N–H and O–H groups in total. The number of benzene rings is 2. The maximum Gasteiger partial charge on any atom is 0.243 e. The Labute approximate surface area is 196 Å². The van der Waals surface area contributed by atoms with Crippen LogP contribution in [0.25, 0.3) is 0 Å². The van der Waals surface area contributed by atoms with E-state index in [1.165, 1.54) is 28.6 Å². The van der Waals surface area contributed by atoms with Crippen molar-refractivity contribution in [3.05, 3.63) is 60.2 Å². The Morgan fingerprint density at radius 2 is 1.55 bits per heavy atom. The Bertz CT molecular complexity index is 1150. The van der Waals surface area contributed by atoms with E-state index in [1.54, 1.807) is 0 Å². The monoisotopic (exact) mass is 494 g/mol. The van der Waals surface area contributed by atoms with Gasteiger partial charge in [0.1, 0.15) is 0 Å². The lowest BCUT2D eigenvalue weighted by molar-refractivity contribution is -0.116. The lowest BCUT2D eigenvalue weighted by atomic mass is 10.1. The predicted octanol–water partition coefficient (Wildman–Crippen LogP) is 1.07. The van der Waals surface area contributed by atoms with Gasteiger partial charge in [-0.2, -0.15) is 8.61 Å². The highest BCUT2D eigenvalue weighted by molar-refractivity contribution is 7.89. The molecule has 2 aromatic carbocycles. The average Bonchev–Trinajstić information content (AvgIpc) is 2.77. The zero-order chi connectivity index (χ0) is 24.1. The van der Waals surface area contributed by atoms with Gasteiger partial charge in [0.2, 0.25) is 26.0 Å². The molecular weight excluding hydrogens is 464 g/mol. The van der Waals surface area contributed by atoms with Crippen molar-refractivity contribution in [3.63, 3.8) is 0 Å². The molecule has 0 saturated carbocycles. The van der Waals surface area contributed by atoms with Crippen LogP contribution in [-0.2, 0) is 31.3 Å². The lowest BCUT2D eigenvalue weighted by Gasteiger charge is -2.31. The van der Waals surface area contributed by atoms with Crippen molar-refractivity contribution >= 4 is 31.6 Å². The molecule has 1 aliphatic heterocycles. The summed E-state index contributed by atoms with van der Waals surface area (Å²) in [6.07, 6.45) is 1.56. The molecule has 1 amide bonds. The normalized spacial score (nSPS) is 16.1. The maximum atomic E-state index is 12.8. The molecule has 0 radical (unpaired) electrons. The van der Waals surface area contributed by atoms with Crippen molar-refractivity contribution in [2.45, 2.75) is 11.3 Å². The molecule has 180 valence electrons. The average molecular weight is 495 g/mol. The molecule has 1 fully saturated rings. The Balaban J connectivity index is 1.60. The summed E-state index contributed by atoms with van der Waals surface area (Å²) < 4.78 is 52.5. The Hall–Kier alpha value is -2.31. The Kier molecular flexibility index (Phi) is 8.24. The van der Waals surface area contributed by atoms with Crippen LogP contribution in [0.1, 0.15) is 5.56 Å². The molecule has 0 aromatic heterocycles. The fourth-order valence-corrected chi connectivity index (χ4v) is 5.71. The van der Waals surface area contributed by atoms with E-state index in [0.717, 1.165) is 16.1 Å². The molecule has 11 heteroatoms. The number of rotatable bonds is 9. The van der Waals surface area contributed by atoms with Gasteiger partial charge in [0.05, 0.1) is 17.7 Å². The number of likely N-dealkylation sites (N-methyl/N-ethyl adjacent to an activating group) is 1. The summed E-state index contributed by atoms with van der Waals surface area (Å²) in [6.45, 7) is 2.07. The first-order valence-corrected chi connectivity index (χ1v) is 13.9. The van der Waals surface area contributed by atoms with Gasteiger partial charge >= 0.3 is 0 Å². The Morgan fingerprint density at radius 1 is 0.939 bits per heavy atom.